The van der Waals surface area contributed by atoms with E-state index < -0.39 is 64.4 Å². The van der Waals surface area contributed by atoms with Crippen LogP contribution < -0.4 is 0 Å². The number of ether oxygens (including phenoxy) is 3. The largest absolute Gasteiger partial charge is 0.472 e. The van der Waals surface area contributed by atoms with Gasteiger partial charge in [0.25, 0.3) is 0 Å². The van der Waals surface area contributed by atoms with Crippen LogP contribution in [0.2, 0.25) is 0 Å². The normalized spacial score (nSPS) is 14.6. The van der Waals surface area contributed by atoms with E-state index in [1.54, 1.807) is 6.08 Å². The van der Waals surface area contributed by atoms with E-state index >= 15 is 0 Å². The minimum absolute atomic E-state index is 0.0125. The molecule has 0 aliphatic carbocycles. The monoisotopic (exact) mass is 1050 g/mol. The average Bonchev–Trinajstić information content (AvgIpc) is 3.39. The number of carbonyl (C=O) groups is 3. The molecule has 0 aliphatic heterocycles. The second-order valence-corrected chi connectivity index (χ2v) is 18.7. The van der Waals surface area contributed by atoms with Gasteiger partial charge in [-0.25, -0.2) is 4.57 Å². The van der Waals surface area contributed by atoms with Crippen molar-refractivity contribution in [2.24, 2.45) is 0 Å². The van der Waals surface area contributed by atoms with Crippen molar-refractivity contribution in [2.45, 2.75) is 187 Å². The van der Waals surface area contributed by atoms with E-state index in [1.165, 1.54) is 0 Å². The molecule has 0 aromatic rings. The minimum Gasteiger partial charge on any atom is -0.461 e. The summed E-state index contributed by atoms with van der Waals surface area (Å²) >= 11 is 0. The molecule has 0 spiro atoms. The second kappa shape index (κ2) is 54.4. The van der Waals surface area contributed by atoms with Crippen molar-refractivity contribution in [3.8, 4) is 0 Å². The lowest BCUT2D eigenvalue weighted by molar-refractivity contribution is -0.160. The molecule has 0 aliphatic rings. The molecule has 0 fully saturated rings. The topological polar surface area (TPSA) is 155 Å². The van der Waals surface area contributed by atoms with E-state index in [1.807, 2.05) is 36.5 Å². The SMILES string of the molecule is CC/C=C\C/C=C\C/C=C\C/C=C\C/C=C\C/C=C\CCC(=O)OC(COC(=O)C/C=C\C/C=C\C/C=C\C/C=C\C/C=C\CC)COP(=O)(O)OCC(CO)OC(=O)CCCCCCC/C=C\C/C=C\CCC. The summed E-state index contributed by atoms with van der Waals surface area (Å²) in [5.41, 5.74) is 0. The van der Waals surface area contributed by atoms with Crippen LogP contribution in [0.5, 0.6) is 0 Å². The molecule has 0 amide bonds. The molecule has 12 heteroatoms. The van der Waals surface area contributed by atoms with Crippen molar-refractivity contribution in [1.82, 2.24) is 0 Å². The summed E-state index contributed by atoms with van der Waals surface area (Å²) in [5, 5.41) is 9.79. The Morgan fingerprint density at radius 3 is 1.23 bits per heavy atom. The molecule has 0 rings (SSSR count). The zero-order valence-corrected chi connectivity index (χ0v) is 46.4. The maximum Gasteiger partial charge on any atom is 0.472 e. The third-order valence-corrected chi connectivity index (χ3v) is 11.4. The van der Waals surface area contributed by atoms with Crippen LogP contribution in [-0.2, 0) is 42.2 Å². The molecule has 0 radical (unpaired) electrons. The Balaban J connectivity index is 5.00. The predicted molar refractivity (Wildman–Crippen MR) is 306 cm³/mol. The lowest BCUT2D eigenvalue weighted by Crippen LogP contribution is -2.30. The number of aliphatic hydroxyl groups is 1. The average molecular weight is 1050 g/mol. The Labute approximate surface area is 447 Å². The summed E-state index contributed by atoms with van der Waals surface area (Å²) in [6.07, 6.45) is 71.1. The number of phosphoric ester groups is 1. The van der Waals surface area contributed by atoms with Crippen molar-refractivity contribution in [2.75, 3.05) is 26.4 Å². The van der Waals surface area contributed by atoms with Crippen LogP contribution in [0.1, 0.15) is 175 Å². The second-order valence-electron chi connectivity index (χ2n) is 17.3. The molecule has 74 heavy (non-hydrogen) atoms. The number of hydrogen-bond donors (Lipinski definition) is 2. The van der Waals surface area contributed by atoms with Crippen LogP contribution in [0.4, 0.5) is 0 Å². The molecular weight excluding hydrogens is 952 g/mol. The van der Waals surface area contributed by atoms with Gasteiger partial charge in [0, 0.05) is 12.8 Å². The number of aliphatic hydroxyl groups excluding tert-OH is 1. The van der Waals surface area contributed by atoms with Gasteiger partial charge in [-0.15, -0.1) is 0 Å². The predicted octanol–water partition coefficient (Wildman–Crippen LogP) is 16.1. The molecule has 0 heterocycles. The van der Waals surface area contributed by atoms with Crippen LogP contribution >= 0.6 is 7.82 Å². The number of phosphoric acid groups is 1. The minimum atomic E-state index is -4.80. The first kappa shape index (κ1) is 69.1. The lowest BCUT2D eigenvalue weighted by atomic mass is 10.1. The van der Waals surface area contributed by atoms with Gasteiger partial charge in [0.1, 0.15) is 12.7 Å². The molecular formula is C62H95O11P. The van der Waals surface area contributed by atoms with Gasteiger partial charge < -0.3 is 24.2 Å². The molecule has 0 saturated heterocycles. The molecule has 3 atom stereocenters. The van der Waals surface area contributed by atoms with Crippen LogP contribution in [0.25, 0.3) is 0 Å². The maximum atomic E-state index is 12.9. The number of allylic oxidation sites excluding steroid dienone is 25. The first-order valence-corrected chi connectivity index (χ1v) is 28.9. The fraction of sp³-hybridized carbons (Fsp3) is 0.532. The summed E-state index contributed by atoms with van der Waals surface area (Å²) in [4.78, 5) is 48.4. The molecule has 0 bridgehead atoms. The van der Waals surface area contributed by atoms with Crippen LogP contribution in [0.3, 0.4) is 0 Å². The van der Waals surface area contributed by atoms with Gasteiger partial charge in [-0.05, 0) is 109 Å². The molecule has 3 unspecified atom stereocenters. The van der Waals surface area contributed by atoms with Gasteiger partial charge in [-0.1, -0.05) is 204 Å². The van der Waals surface area contributed by atoms with Gasteiger partial charge in [-0.2, -0.15) is 0 Å². The van der Waals surface area contributed by atoms with E-state index in [2.05, 4.69) is 136 Å². The molecule has 11 nitrogen and oxygen atoms in total. The first-order valence-electron chi connectivity index (χ1n) is 27.4. The molecule has 0 saturated carbocycles. The number of rotatable bonds is 48. The Kier molecular flexibility index (Phi) is 50.8. The van der Waals surface area contributed by atoms with Gasteiger partial charge in [0.2, 0.25) is 0 Å². The summed E-state index contributed by atoms with van der Waals surface area (Å²) < 4.78 is 39.2. The first-order chi connectivity index (χ1) is 36.2. The Bertz CT molecular complexity index is 1840. The highest BCUT2D eigenvalue weighted by Crippen LogP contribution is 2.43. The summed E-state index contributed by atoms with van der Waals surface area (Å²) in [5.74, 6) is -1.76. The van der Waals surface area contributed by atoms with Gasteiger partial charge in [0.15, 0.2) is 6.10 Å². The highest BCUT2D eigenvalue weighted by atomic mass is 31.2. The van der Waals surface area contributed by atoms with Crippen LogP contribution in [0, 0.1) is 0 Å². The van der Waals surface area contributed by atoms with Gasteiger partial charge in [-0.3, -0.25) is 23.4 Å². The molecule has 2 N–H and O–H groups in total. The smallest absolute Gasteiger partial charge is 0.461 e. The van der Waals surface area contributed by atoms with Crippen molar-refractivity contribution < 1.29 is 52.2 Å². The number of carbonyl (C=O) groups excluding carboxylic acids is 3. The Morgan fingerprint density at radius 2 is 0.770 bits per heavy atom. The lowest BCUT2D eigenvalue weighted by Gasteiger charge is -2.21. The highest BCUT2D eigenvalue weighted by Gasteiger charge is 2.28. The fourth-order valence-corrected chi connectivity index (χ4v) is 7.16. The summed E-state index contributed by atoms with van der Waals surface area (Å²) in [6.45, 7) is 4.09. The van der Waals surface area contributed by atoms with Crippen molar-refractivity contribution in [1.29, 1.82) is 0 Å². The third kappa shape index (κ3) is 52.0. The van der Waals surface area contributed by atoms with E-state index in [0.717, 1.165) is 109 Å². The van der Waals surface area contributed by atoms with Gasteiger partial charge in [0.05, 0.1) is 26.2 Å². The van der Waals surface area contributed by atoms with Gasteiger partial charge >= 0.3 is 25.7 Å². The molecule has 0 aromatic carbocycles. The number of hydrogen-bond acceptors (Lipinski definition) is 10. The summed E-state index contributed by atoms with van der Waals surface area (Å²) in [6, 6.07) is 0. The molecule has 414 valence electrons. The maximum absolute atomic E-state index is 12.9. The van der Waals surface area contributed by atoms with Crippen molar-refractivity contribution in [3.63, 3.8) is 0 Å². The zero-order valence-electron chi connectivity index (χ0n) is 45.5. The van der Waals surface area contributed by atoms with E-state index in [4.69, 9.17) is 23.3 Å². The standard InChI is InChI=1S/C62H95O11P/c1-4-7-10-13-16-19-22-25-27-28-29-30-32-35-38-41-44-47-50-53-62(66)73-59(55-69-60(64)51-48-45-42-39-36-34-31-26-23-20-17-14-11-8-5-2)57-71-74(67,68)70-56-58(54-63)72-61(65)52-49-46-43-40-37-33-24-21-18-15-12-9-6-3/h7-8,10-12,15-17,19-21,24-27,29-31,35-36,38-39,44-45,47-48,58-59,63H,4-6,9,13-14,18,22-23,28,32-34,37,40-43,46,49-57H2,1-3H3,(H,67,68)/b10-7-,11-8-,15-12-,19-16-,20-17-,24-21-,27-25-,30-29-,31-26-,38-35-,39-36-,47-44-,48-45-. The van der Waals surface area contributed by atoms with E-state index in [9.17, 15) is 28.9 Å². The Morgan fingerprint density at radius 1 is 0.405 bits per heavy atom. The molecule has 0 aromatic heterocycles. The Hall–Kier alpha value is -4.90. The fourth-order valence-electron chi connectivity index (χ4n) is 6.37. The zero-order chi connectivity index (χ0) is 54.1. The highest BCUT2D eigenvalue weighted by molar-refractivity contribution is 7.47. The number of esters is 3. The van der Waals surface area contributed by atoms with Crippen LogP contribution in [-0.4, -0.2) is 66.5 Å². The van der Waals surface area contributed by atoms with Crippen LogP contribution in [0.15, 0.2) is 158 Å². The van der Waals surface area contributed by atoms with Crippen molar-refractivity contribution in [3.05, 3.63) is 158 Å². The number of unbranched alkanes of at least 4 members (excludes halogenated alkanes) is 6. The van der Waals surface area contributed by atoms with E-state index in [-0.39, 0.29) is 19.3 Å². The third-order valence-electron chi connectivity index (χ3n) is 10.4. The van der Waals surface area contributed by atoms with Crippen molar-refractivity contribution >= 4 is 25.7 Å². The summed E-state index contributed by atoms with van der Waals surface area (Å²) in [7, 11) is -4.80. The quantitative estimate of drug-likeness (QED) is 0.0197. The van der Waals surface area contributed by atoms with E-state index in [0.29, 0.717) is 25.7 Å².